The van der Waals surface area contributed by atoms with E-state index in [1.807, 2.05) is 0 Å². The fraction of sp³-hybridized carbons (Fsp3) is 0.647. The van der Waals surface area contributed by atoms with Crippen molar-refractivity contribution >= 4 is 0 Å². The molecule has 0 radical (unpaired) electrons. The van der Waals surface area contributed by atoms with Crippen molar-refractivity contribution in [3.8, 4) is 5.75 Å². The molecule has 2 heteroatoms. The van der Waals surface area contributed by atoms with Gasteiger partial charge in [0.2, 0.25) is 0 Å². The van der Waals surface area contributed by atoms with Crippen molar-refractivity contribution in [3.63, 3.8) is 0 Å². The molecule has 1 aromatic rings. The number of rotatable bonds is 3. The van der Waals surface area contributed by atoms with Gasteiger partial charge < -0.3 is 10.5 Å². The summed E-state index contributed by atoms with van der Waals surface area (Å²) in [5, 5.41) is 0. The number of hydrogen-bond acceptors (Lipinski definition) is 2. The van der Waals surface area contributed by atoms with E-state index in [1.165, 1.54) is 16.7 Å². The zero-order valence-electron chi connectivity index (χ0n) is 12.9. The Morgan fingerprint density at radius 3 is 2.42 bits per heavy atom. The zero-order chi connectivity index (χ0) is 14.2. The van der Waals surface area contributed by atoms with Crippen LogP contribution in [0.3, 0.4) is 0 Å². The first kappa shape index (κ1) is 14.4. The predicted octanol–water partition coefficient (Wildman–Crippen LogP) is 4.11. The summed E-state index contributed by atoms with van der Waals surface area (Å²) in [5.41, 5.74) is 10.4. The molecule has 0 saturated carbocycles. The van der Waals surface area contributed by atoms with Crippen LogP contribution in [0.5, 0.6) is 5.75 Å². The maximum absolute atomic E-state index is 6.39. The van der Waals surface area contributed by atoms with Crippen LogP contribution in [0.25, 0.3) is 0 Å². The minimum Gasteiger partial charge on any atom is -0.488 e. The zero-order valence-corrected chi connectivity index (χ0v) is 12.9. The number of aryl methyl sites for hydroxylation is 1. The molecular weight excluding hydrogens is 234 g/mol. The van der Waals surface area contributed by atoms with E-state index in [1.54, 1.807) is 0 Å². The topological polar surface area (TPSA) is 35.2 Å². The standard InChI is InChI=1S/C17H27NO/c1-6-8-14-15(18)12-9-11(7-2)10-13(16(12)19-14)17(3,4)5/h9-10,14-15H,6-8,18H2,1-5H3. The summed E-state index contributed by atoms with van der Waals surface area (Å²) in [5.74, 6) is 1.05. The van der Waals surface area contributed by atoms with Crippen molar-refractivity contribution in [1.29, 1.82) is 0 Å². The first-order chi connectivity index (χ1) is 8.88. The number of hydrogen-bond donors (Lipinski definition) is 1. The van der Waals surface area contributed by atoms with Gasteiger partial charge in [0.15, 0.2) is 0 Å². The lowest BCUT2D eigenvalue weighted by atomic mass is 9.83. The fourth-order valence-electron chi connectivity index (χ4n) is 2.80. The van der Waals surface area contributed by atoms with E-state index < -0.39 is 0 Å². The number of nitrogens with two attached hydrogens (primary N) is 1. The summed E-state index contributed by atoms with van der Waals surface area (Å²) >= 11 is 0. The summed E-state index contributed by atoms with van der Waals surface area (Å²) < 4.78 is 6.19. The summed E-state index contributed by atoms with van der Waals surface area (Å²) in [6.07, 6.45) is 3.33. The molecule has 0 bridgehead atoms. The number of benzene rings is 1. The van der Waals surface area contributed by atoms with Gasteiger partial charge in [0.05, 0.1) is 6.04 Å². The van der Waals surface area contributed by atoms with Gasteiger partial charge in [0, 0.05) is 11.1 Å². The van der Waals surface area contributed by atoms with Gasteiger partial charge in [0.1, 0.15) is 11.9 Å². The maximum Gasteiger partial charge on any atom is 0.128 e. The van der Waals surface area contributed by atoms with Gasteiger partial charge in [-0.05, 0) is 23.8 Å². The normalized spacial score (nSPS) is 22.2. The van der Waals surface area contributed by atoms with Gasteiger partial charge in [0.25, 0.3) is 0 Å². The van der Waals surface area contributed by atoms with Gasteiger partial charge in [-0.15, -0.1) is 0 Å². The van der Waals surface area contributed by atoms with Crippen LogP contribution in [0.1, 0.15) is 70.2 Å². The van der Waals surface area contributed by atoms with Crippen molar-refractivity contribution in [1.82, 2.24) is 0 Å². The predicted molar refractivity (Wildman–Crippen MR) is 80.8 cm³/mol. The van der Waals surface area contributed by atoms with E-state index in [0.717, 1.165) is 25.0 Å². The molecule has 1 heterocycles. The minimum absolute atomic E-state index is 0.0301. The van der Waals surface area contributed by atoms with Gasteiger partial charge in [-0.1, -0.05) is 53.2 Å². The van der Waals surface area contributed by atoms with Gasteiger partial charge in [-0.2, -0.15) is 0 Å². The molecular formula is C17H27NO. The lowest BCUT2D eigenvalue weighted by molar-refractivity contribution is 0.191. The van der Waals surface area contributed by atoms with Crippen LogP contribution >= 0.6 is 0 Å². The third kappa shape index (κ3) is 2.64. The average Bonchev–Trinajstić information content (AvgIpc) is 2.65. The molecule has 0 amide bonds. The van der Waals surface area contributed by atoms with Crippen molar-refractivity contribution < 1.29 is 4.74 Å². The van der Waals surface area contributed by atoms with E-state index in [4.69, 9.17) is 10.5 Å². The van der Waals surface area contributed by atoms with Crippen molar-refractivity contribution in [2.45, 2.75) is 71.4 Å². The van der Waals surface area contributed by atoms with Crippen molar-refractivity contribution in [3.05, 3.63) is 28.8 Å². The molecule has 0 aromatic heterocycles. The maximum atomic E-state index is 6.39. The molecule has 2 N–H and O–H groups in total. The molecule has 19 heavy (non-hydrogen) atoms. The Morgan fingerprint density at radius 2 is 1.89 bits per heavy atom. The van der Waals surface area contributed by atoms with Gasteiger partial charge in [-0.25, -0.2) is 0 Å². The molecule has 0 fully saturated rings. The molecule has 1 aliphatic rings. The fourth-order valence-corrected chi connectivity index (χ4v) is 2.80. The second kappa shape index (κ2) is 5.16. The highest BCUT2D eigenvalue weighted by molar-refractivity contribution is 5.52. The summed E-state index contributed by atoms with van der Waals surface area (Å²) in [4.78, 5) is 0. The van der Waals surface area contributed by atoms with Gasteiger partial charge >= 0.3 is 0 Å². The molecule has 2 atom stereocenters. The Labute approximate surface area is 117 Å². The van der Waals surface area contributed by atoms with Gasteiger partial charge in [-0.3, -0.25) is 0 Å². The average molecular weight is 261 g/mol. The number of fused-ring (bicyclic) bond motifs is 1. The molecule has 0 aliphatic carbocycles. The highest BCUT2D eigenvalue weighted by Gasteiger charge is 2.35. The number of ether oxygens (including phenoxy) is 1. The Bertz CT molecular complexity index is 459. The van der Waals surface area contributed by atoms with Crippen LogP contribution in [0.15, 0.2) is 12.1 Å². The van der Waals surface area contributed by atoms with Crippen LogP contribution < -0.4 is 10.5 Å². The van der Waals surface area contributed by atoms with E-state index in [2.05, 4.69) is 46.8 Å². The Balaban J connectivity index is 2.50. The SMILES string of the molecule is CCCC1Oc2c(cc(CC)cc2C(C)(C)C)C1N. The van der Waals surface area contributed by atoms with Crippen LogP contribution in [0.2, 0.25) is 0 Å². The summed E-state index contributed by atoms with van der Waals surface area (Å²) in [7, 11) is 0. The minimum atomic E-state index is 0.0301. The Morgan fingerprint density at radius 1 is 1.21 bits per heavy atom. The molecule has 1 aromatic carbocycles. The van der Waals surface area contributed by atoms with E-state index in [-0.39, 0.29) is 17.6 Å². The second-order valence-electron chi connectivity index (χ2n) is 6.64. The molecule has 2 rings (SSSR count). The molecule has 0 spiro atoms. The van der Waals surface area contributed by atoms with Crippen LogP contribution in [0, 0.1) is 0 Å². The first-order valence-electron chi connectivity index (χ1n) is 7.48. The van der Waals surface area contributed by atoms with Crippen molar-refractivity contribution in [2.75, 3.05) is 0 Å². The molecule has 1 aliphatic heterocycles. The highest BCUT2D eigenvalue weighted by atomic mass is 16.5. The molecule has 0 saturated heterocycles. The van der Waals surface area contributed by atoms with E-state index in [0.29, 0.717) is 0 Å². The smallest absolute Gasteiger partial charge is 0.128 e. The molecule has 2 nitrogen and oxygen atoms in total. The van der Waals surface area contributed by atoms with Crippen LogP contribution in [-0.2, 0) is 11.8 Å². The third-order valence-corrected chi connectivity index (χ3v) is 4.00. The second-order valence-corrected chi connectivity index (χ2v) is 6.64. The molecule has 106 valence electrons. The lowest BCUT2D eigenvalue weighted by Gasteiger charge is -2.23. The Kier molecular flexibility index (Phi) is 3.91. The van der Waals surface area contributed by atoms with Crippen molar-refractivity contribution in [2.24, 2.45) is 5.73 Å². The summed E-state index contributed by atoms with van der Waals surface area (Å²) in [6.45, 7) is 11.1. The third-order valence-electron chi connectivity index (χ3n) is 4.00. The van der Waals surface area contributed by atoms with Crippen LogP contribution in [0.4, 0.5) is 0 Å². The van der Waals surface area contributed by atoms with Crippen LogP contribution in [-0.4, -0.2) is 6.10 Å². The van der Waals surface area contributed by atoms with E-state index in [9.17, 15) is 0 Å². The monoisotopic (exact) mass is 261 g/mol. The summed E-state index contributed by atoms with van der Waals surface area (Å²) in [6, 6.07) is 4.56. The Hall–Kier alpha value is -1.02. The highest BCUT2D eigenvalue weighted by Crippen LogP contribution is 2.44. The lowest BCUT2D eigenvalue weighted by Crippen LogP contribution is -2.25. The molecule has 2 unspecified atom stereocenters. The first-order valence-corrected chi connectivity index (χ1v) is 7.48. The largest absolute Gasteiger partial charge is 0.488 e. The van der Waals surface area contributed by atoms with E-state index >= 15 is 0 Å². The quantitative estimate of drug-likeness (QED) is 0.888.